The number of methoxy groups -OCH3 is 1. The zero-order chi connectivity index (χ0) is 13.3. The van der Waals surface area contributed by atoms with Crippen LogP contribution in [0.3, 0.4) is 0 Å². The summed E-state index contributed by atoms with van der Waals surface area (Å²) in [4.78, 5) is 1.08. The van der Waals surface area contributed by atoms with Crippen molar-refractivity contribution in [1.82, 2.24) is 0 Å². The third-order valence-electron chi connectivity index (χ3n) is 3.90. The lowest BCUT2D eigenvalue weighted by Crippen LogP contribution is -3.11. The van der Waals surface area contributed by atoms with Crippen LogP contribution in [-0.2, 0) is 10.3 Å². The molecule has 1 saturated heterocycles. The second kappa shape index (κ2) is 4.96. The average molecular weight is 253 g/mol. The standard InChI is InChI=1S/C14H20FNO2/c1-10-8-16(2)9-13(18-3)14(10,17)11-4-6-12(15)7-5-11/h4-7,10,13,16-17H,2,8-9H2,1,3H3. The predicted octanol–water partition coefficient (Wildman–Crippen LogP) is 0.354. The highest BCUT2D eigenvalue weighted by atomic mass is 19.1. The number of rotatable bonds is 2. The molecule has 1 aliphatic heterocycles. The van der Waals surface area contributed by atoms with Crippen molar-refractivity contribution in [3.05, 3.63) is 42.7 Å². The first kappa shape index (κ1) is 13.5. The molecule has 0 saturated carbocycles. The lowest BCUT2D eigenvalue weighted by Gasteiger charge is -2.47. The molecule has 4 unspecified atom stereocenters. The predicted molar refractivity (Wildman–Crippen MR) is 66.3 cm³/mol. The molecule has 0 bridgehead atoms. The first-order valence-electron chi connectivity index (χ1n) is 6.16. The number of aliphatic hydroxyl groups is 1. The summed E-state index contributed by atoms with van der Waals surface area (Å²) in [6, 6.07) is 6.00. The summed E-state index contributed by atoms with van der Waals surface area (Å²) in [5, 5.41) is 11.0. The number of hydrogen-bond donors (Lipinski definition) is 2. The average Bonchev–Trinajstić information content (AvgIpc) is 2.34. The molecule has 1 aromatic carbocycles. The molecule has 1 heterocycles. The molecule has 2 rings (SSSR count). The molecule has 0 aromatic heterocycles. The second-order valence-corrected chi connectivity index (χ2v) is 5.12. The van der Waals surface area contributed by atoms with E-state index in [1.165, 1.54) is 12.1 Å². The zero-order valence-corrected chi connectivity index (χ0v) is 10.8. The van der Waals surface area contributed by atoms with Crippen molar-refractivity contribution in [2.45, 2.75) is 18.6 Å². The minimum atomic E-state index is -1.08. The first-order chi connectivity index (χ1) is 8.48. The molecule has 1 aromatic rings. The van der Waals surface area contributed by atoms with Gasteiger partial charge < -0.3 is 14.7 Å². The maximum atomic E-state index is 13.0. The Hall–Kier alpha value is -0.970. The van der Waals surface area contributed by atoms with E-state index < -0.39 is 5.60 Å². The Labute approximate surface area is 107 Å². The molecule has 0 spiro atoms. The molecule has 2 N–H and O–H groups in total. The summed E-state index contributed by atoms with van der Waals surface area (Å²) in [5.74, 6) is -0.307. The molecule has 3 nitrogen and oxygen atoms in total. The van der Waals surface area contributed by atoms with Crippen LogP contribution < -0.4 is 4.90 Å². The highest BCUT2D eigenvalue weighted by molar-refractivity contribution is 5.26. The summed E-state index contributed by atoms with van der Waals surface area (Å²) in [6.45, 7) is 3.36. The largest absolute Gasteiger partial charge is 0.465 e. The maximum absolute atomic E-state index is 13.0. The molecule has 4 heteroatoms. The van der Waals surface area contributed by atoms with Crippen molar-refractivity contribution < 1.29 is 19.1 Å². The number of nitrogens with one attached hydrogen (secondary N) is 1. The fourth-order valence-electron chi connectivity index (χ4n) is 2.86. The summed E-state index contributed by atoms with van der Waals surface area (Å²) in [5.41, 5.74) is -0.375. The summed E-state index contributed by atoms with van der Waals surface area (Å²) in [7, 11) is 5.57. The van der Waals surface area contributed by atoms with Crippen LogP contribution in [0.25, 0.3) is 0 Å². The van der Waals surface area contributed by atoms with Crippen molar-refractivity contribution in [3.8, 4) is 0 Å². The Balaban J connectivity index is 2.39. The van der Waals surface area contributed by atoms with Crippen molar-refractivity contribution in [3.63, 3.8) is 0 Å². The van der Waals surface area contributed by atoms with Gasteiger partial charge in [-0.1, -0.05) is 19.1 Å². The number of quaternary nitrogens is 1. The number of hydrogen-bond acceptors (Lipinski definition) is 2. The van der Waals surface area contributed by atoms with E-state index in [4.69, 9.17) is 4.74 Å². The van der Waals surface area contributed by atoms with Gasteiger partial charge in [0.1, 0.15) is 17.5 Å². The molecule has 1 fully saturated rings. The SMILES string of the molecule is [CH2-][NH+]1CC(C)C(O)(c2ccc(F)cc2)C(OC)C1. The van der Waals surface area contributed by atoms with Gasteiger partial charge in [-0.2, -0.15) is 7.05 Å². The Kier molecular flexibility index (Phi) is 3.71. The fourth-order valence-corrected chi connectivity index (χ4v) is 2.86. The monoisotopic (exact) mass is 253 g/mol. The number of benzene rings is 1. The van der Waals surface area contributed by atoms with Crippen LogP contribution in [0.15, 0.2) is 24.3 Å². The number of piperidine rings is 1. The van der Waals surface area contributed by atoms with Gasteiger partial charge >= 0.3 is 0 Å². The van der Waals surface area contributed by atoms with E-state index in [1.807, 2.05) is 6.92 Å². The van der Waals surface area contributed by atoms with Gasteiger partial charge in [0.05, 0.1) is 13.1 Å². The Morgan fingerprint density at radius 3 is 2.56 bits per heavy atom. The van der Waals surface area contributed by atoms with Crippen LogP contribution in [0, 0.1) is 18.8 Å². The van der Waals surface area contributed by atoms with Crippen LogP contribution in [0.1, 0.15) is 12.5 Å². The molecule has 0 amide bonds. The van der Waals surface area contributed by atoms with Gasteiger partial charge in [-0.25, -0.2) is 4.39 Å². The van der Waals surface area contributed by atoms with Gasteiger partial charge in [0.25, 0.3) is 0 Å². The van der Waals surface area contributed by atoms with Gasteiger partial charge in [0.15, 0.2) is 0 Å². The lowest BCUT2D eigenvalue weighted by molar-refractivity contribution is -0.871. The zero-order valence-electron chi connectivity index (χ0n) is 10.8. The first-order valence-corrected chi connectivity index (χ1v) is 6.16. The Bertz CT molecular complexity index is 409. The summed E-state index contributed by atoms with van der Waals surface area (Å²) >= 11 is 0. The molecule has 18 heavy (non-hydrogen) atoms. The molecule has 100 valence electrons. The highest BCUT2D eigenvalue weighted by Gasteiger charge is 2.48. The Morgan fingerprint density at radius 2 is 2.00 bits per heavy atom. The van der Waals surface area contributed by atoms with E-state index in [9.17, 15) is 9.50 Å². The third-order valence-corrected chi connectivity index (χ3v) is 3.90. The van der Waals surface area contributed by atoms with E-state index in [-0.39, 0.29) is 17.8 Å². The topological polar surface area (TPSA) is 33.9 Å². The smallest absolute Gasteiger partial charge is 0.137 e. The number of ether oxygens (including phenoxy) is 1. The normalized spacial score (nSPS) is 36.6. The molecular weight excluding hydrogens is 233 g/mol. The maximum Gasteiger partial charge on any atom is 0.137 e. The van der Waals surface area contributed by atoms with Crippen LogP contribution in [0.2, 0.25) is 0 Å². The van der Waals surface area contributed by atoms with E-state index in [1.54, 1.807) is 19.2 Å². The van der Waals surface area contributed by atoms with E-state index in [2.05, 4.69) is 7.05 Å². The van der Waals surface area contributed by atoms with E-state index in [0.717, 1.165) is 11.4 Å². The van der Waals surface area contributed by atoms with Crippen LogP contribution in [0.5, 0.6) is 0 Å². The highest BCUT2D eigenvalue weighted by Crippen LogP contribution is 2.35. The van der Waals surface area contributed by atoms with E-state index >= 15 is 0 Å². The van der Waals surface area contributed by atoms with Crippen molar-refractivity contribution >= 4 is 0 Å². The summed E-state index contributed by atoms with van der Waals surface area (Å²) < 4.78 is 18.4. The molecule has 0 radical (unpaired) electrons. The second-order valence-electron chi connectivity index (χ2n) is 5.12. The van der Waals surface area contributed by atoms with Gasteiger partial charge in [-0.15, -0.1) is 0 Å². The molecule has 4 atom stereocenters. The molecule has 0 aliphatic carbocycles. The third kappa shape index (κ3) is 2.16. The molecule has 1 aliphatic rings. The minimum absolute atomic E-state index is 0.00541. The van der Waals surface area contributed by atoms with Crippen molar-refractivity contribution in [2.24, 2.45) is 5.92 Å². The van der Waals surface area contributed by atoms with Crippen molar-refractivity contribution in [1.29, 1.82) is 0 Å². The van der Waals surface area contributed by atoms with Gasteiger partial charge in [-0.3, -0.25) is 0 Å². The number of likely N-dealkylation sites (tertiary alicyclic amines) is 1. The fraction of sp³-hybridized carbons (Fsp3) is 0.500. The summed E-state index contributed by atoms with van der Waals surface area (Å²) in [6.07, 6.45) is -0.334. The van der Waals surface area contributed by atoms with Crippen LogP contribution in [-0.4, -0.2) is 31.4 Å². The lowest BCUT2D eigenvalue weighted by atomic mass is 9.75. The quantitative estimate of drug-likeness (QED) is 0.746. The van der Waals surface area contributed by atoms with E-state index in [0.29, 0.717) is 12.1 Å². The number of halogens is 1. The Morgan fingerprint density at radius 1 is 1.39 bits per heavy atom. The van der Waals surface area contributed by atoms with Crippen LogP contribution >= 0.6 is 0 Å². The van der Waals surface area contributed by atoms with Crippen LogP contribution in [0.4, 0.5) is 4.39 Å². The minimum Gasteiger partial charge on any atom is -0.465 e. The molecular formula is C14H20FNO2. The van der Waals surface area contributed by atoms with Gasteiger partial charge in [0.2, 0.25) is 0 Å². The van der Waals surface area contributed by atoms with Gasteiger partial charge in [0, 0.05) is 13.0 Å². The van der Waals surface area contributed by atoms with Gasteiger partial charge in [-0.05, 0) is 17.7 Å². The van der Waals surface area contributed by atoms with Crippen molar-refractivity contribution in [2.75, 3.05) is 20.2 Å².